The van der Waals surface area contributed by atoms with Gasteiger partial charge in [0.2, 0.25) is 0 Å². The van der Waals surface area contributed by atoms with Crippen molar-refractivity contribution < 1.29 is 9.18 Å². The van der Waals surface area contributed by atoms with Gasteiger partial charge >= 0.3 is 0 Å². The van der Waals surface area contributed by atoms with Gasteiger partial charge < -0.3 is 0 Å². The van der Waals surface area contributed by atoms with Crippen molar-refractivity contribution in [3.05, 3.63) is 34.1 Å². The Bertz CT molecular complexity index is 436. The molecule has 1 aliphatic rings. The zero-order valence-electron chi connectivity index (χ0n) is 9.93. The lowest BCUT2D eigenvalue weighted by Gasteiger charge is -2.21. The minimum absolute atomic E-state index is 0.152. The zero-order chi connectivity index (χ0) is 12.5. The van der Waals surface area contributed by atoms with E-state index in [0.717, 1.165) is 31.2 Å². The van der Waals surface area contributed by atoms with Crippen molar-refractivity contribution in [3.63, 3.8) is 0 Å². The molecule has 3 heteroatoms. The van der Waals surface area contributed by atoms with E-state index in [2.05, 4.69) is 22.9 Å². The molecule has 0 aliphatic heterocycles. The van der Waals surface area contributed by atoms with E-state index in [-0.39, 0.29) is 17.0 Å². The number of carbonyl (C=O) groups is 1. The second kappa shape index (κ2) is 4.89. The van der Waals surface area contributed by atoms with Crippen LogP contribution in [0.5, 0.6) is 0 Å². The fraction of sp³-hybridized carbons (Fsp3) is 0.500. The molecular weight excluding hydrogens is 283 g/mol. The average Bonchev–Trinajstić information content (AvgIpc) is 2.72. The Hall–Kier alpha value is -0.700. The molecule has 0 N–H and O–H groups in total. The maximum atomic E-state index is 13.1. The predicted molar refractivity (Wildman–Crippen MR) is 69.4 cm³/mol. The summed E-state index contributed by atoms with van der Waals surface area (Å²) in [5.74, 6) is 0.00165. The van der Waals surface area contributed by atoms with Crippen LogP contribution in [0.3, 0.4) is 0 Å². The van der Waals surface area contributed by atoms with Crippen LogP contribution in [0.4, 0.5) is 4.39 Å². The van der Waals surface area contributed by atoms with Crippen LogP contribution < -0.4 is 0 Å². The number of carbonyl (C=O) groups excluding carboxylic acids is 1. The summed E-state index contributed by atoms with van der Waals surface area (Å²) in [6.07, 6.45) is 4.70. The molecular formula is C14H16BrFO. The van der Waals surface area contributed by atoms with E-state index in [4.69, 9.17) is 0 Å². The van der Waals surface area contributed by atoms with Crippen molar-refractivity contribution in [2.24, 2.45) is 5.41 Å². The SMILES string of the molecule is CC1(C(=O)Cc2ccc(F)c(Br)c2)CCCC1. The topological polar surface area (TPSA) is 17.1 Å². The Kier molecular flexibility index (Phi) is 3.67. The summed E-state index contributed by atoms with van der Waals surface area (Å²) < 4.78 is 13.5. The van der Waals surface area contributed by atoms with Crippen LogP contribution in [0.15, 0.2) is 22.7 Å². The highest BCUT2D eigenvalue weighted by molar-refractivity contribution is 9.10. The molecule has 0 bridgehead atoms. The molecule has 1 saturated carbocycles. The molecule has 0 saturated heterocycles. The van der Waals surface area contributed by atoms with Gasteiger partial charge in [0.1, 0.15) is 11.6 Å². The third-order valence-corrected chi connectivity index (χ3v) is 4.34. The van der Waals surface area contributed by atoms with E-state index in [0.29, 0.717) is 10.9 Å². The van der Waals surface area contributed by atoms with Gasteiger partial charge in [-0.25, -0.2) is 4.39 Å². The Labute approximate surface area is 110 Å². The van der Waals surface area contributed by atoms with Gasteiger partial charge in [-0.05, 0) is 46.5 Å². The third kappa shape index (κ3) is 2.76. The standard InChI is InChI=1S/C14H16BrFO/c1-14(6-2-3-7-14)13(17)9-10-4-5-12(16)11(15)8-10/h4-5,8H,2-3,6-7,9H2,1H3. The van der Waals surface area contributed by atoms with Crippen LogP contribution in [0.1, 0.15) is 38.2 Å². The lowest BCUT2D eigenvalue weighted by Crippen LogP contribution is -2.25. The normalized spacial score (nSPS) is 18.3. The Morgan fingerprint density at radius 3 is 2.65 bits per heavy atom. The number of hydrogen-bond acceptors (Lipinski definition) is 1. The molecule has 1 nitrogen and oxygen atoms in total. The van der Waals surface area contributed by atoms with Crippen molar-refractivity contribution >= 4 is 21.7 Å². The molecule has 92 valence electrons. The number of benzene rings is 1. The molecule has 0 unspecified atom stereocenters. The lowest BCUT2D eigenvalue weighted by molar-refractivity contribution is -0.126. The molecule has 0 amide bonds. The summed E-state index contributed by atoms with van der Waals surface area (Å²) in [6.45, 7) is 2.06. The Balaban J connectivity index is 2.10. The molecule has 0 aromatic heterocycles. The molecule has 1 aromatic carbocycles. The van der Waals surface area contributed by atoms with Crippen LogP contribution in [-0.2, 0) is 11.2 Å². The van der Waals surface area contributed by atoms with E-state index < -0.39 is 0 Å². The average molecular weight is 299 g/mol. The van der Waals surface area contributed by atoms with E-state index in [1.807, 2.05) is 0 Å². The molecule has 0 atom stereocenters. The van der Waals surface area contributed by atoms with Gasteiger partial charge in [-0.1, -0.05) is 25.8 Å². The van der Waals surface area contributed by atoms with Gasteiger partial charge in [-0.15, -0.1) is 0 Å². The van der Waals surface area contributed by atoms with Crippen molar-refractivity contribution in [1.29, 1.82) is 0 Å². The highest BCUT2D eigenvalue weighted by atomic mass is 79.9. The first kappa shape index (κ1) is 12.7. The molecule has 17 heavy (non-hydrogen) atoms. The Morgan fingerprint density at radius 1 is 1.41 bits per heavy atom. The van der Waals surface area contributed by atoms with Gasteiger partial charge in [-0.2, -0.15) is 0 Å². The number of Topliss-reactive ketones (excluding diaryl/α,β-unsaturated/α-hetero) is 1. The van der Waals surface area contributed by atoms with Crippen molar-refractivity contribution in [2.75, 3.05) is 0 Å². The molecule has 1 aromatic rings. The second-order valence-corrected chi connectivity index (χ2v) is 5.97. The fourth-order valence-corrected chi connectivity index (χ4v) is 2.91. The molecule has 0 heterocycles. The molecule has 0 radical (unpaired) electrons. The van der Waals surface area contributed by atoms with E-state index in [1.165, 1.54) is 6.07 Å². The van der Waals surface area contributed by atoms with Crippen LogP contribution in [-0.4, -0.2) is 5.78 Å². The molecule has 0 spiro atoms. The van der Waals surface area contributed by atoms with Gasteiger partial charge in [-0.3, -0.25) is 4.79 Å². The maximum absolute atomic E-state index is 13.1. The third-order valence-electron chi connectivity index (χ3n) is 3.73. The predicted octanol–water partition coefficient (Wildman–Crippen LogP) is 4.28. The second-order valence-electron chi connectivity index (χ2n) is 5.12. The number of ketones is 1. The highest BCUT2D eigenvalue weighted by Crippen LogP contribution is 2.39. The summed E-state index contributed by atoms with van der Waals surface area (Å²) in [5.41, 5.74) is 0.734. The lowest BCUT2D eigenvalue weighted by atomic mass is 9.81. The summed E-state index contributed by atoms with van der Waals surface area (Å²) >= 11 is 3.15. The molecule has 2 rings (SSSR count). The highest BCUT2D eigenvalue weighted by Gasteiger charge is 2.35. The zero-order valence-corrected chi connectivity index (χ0v) is 11.5. The van der Waals surface area contributed by atoms with Crippen LogP contribution in [0.2, 0.25) is 0 Å². The van der Waals surface area contributed by atoms with Crippen LogP contribution >= 0.6 is 15.9 Å². The first-order chi connectivity index (χ1) is 8.01. The van der Waals surface area contributed by atoms with Gasteiger partial charge in [0, 0.05) is 11.8 Å². The van der Waals surface area contributed by atoms with Gasteiger partial charge in [0.15, 0.2) is 0 Å². The summed E-state index contributed by atoms with van der Waals surface area (Å²) in [5, 5.41) is 0. The van der Waals surface area contributed by atoms with Gasteiger partial charge in [0.05, 0.1) is 4.47 Å². The first-order valence-corrected chi connectivity index (χ1v) is 6.78. The molecule has 1 aliphatic carbocycles. The monoisotopic (exact) mass is 298 g/mol. The Morgan fingerprint density at radius 2 is 2.06 bits per heavy atom. The quantitative estimate of drug-likeness (QED) is 0.814. The van der Waals surface area contributed by atoms with Crippen LogP contribution in [0.25, 0.3) is 0 Å². The first-order valence-electron chi connectivity index (χ1n) is 5.98. The smallest absolute Gasteiger partial charge is 0.143 e. The largest absolute Gasteiger partial charge is 0.299 e. The maximum Gasteiger partial charge on any atom is 0.143 e. The summed E-state index contributed by atoms with van der Waals surface area (Å²) in [7, 11) is 0. The number of rotatable bonds is 3. The van der Waals surface area contributed by atoms with Crippen molar-refractivity contribution in [2.45, 2.75) is 39.0 Å². The van der Waals surface area contributed by atoms with Crippen molar-refractivity contribution in [3.8, 4) is 0 Å². The van der Waals surface area contributed by atoms with Crippen molar-refractivity contribution in [1.82, 2.24) is 0 Å². The summed E-state index contributed by atoms with van der Waals surface area (Å²) in [6, 6.07) is 4.80. The number of hydrogen-bond donors (Lipinski definition) is 0. The van der Waals surface area contributed by atoms with Gasteiger partial charge in [0.25, 0.3) is 0 Å². The minimum atomic E-state index is -0.284. The number of halogens is 2. The minimum Gasteiger partial charge on any atom is -0.299 e. The van der Waals surface area contributed by atoms with E-state index in [9.17, 15) is 9.18 Å². The van der Waals surface area contributed by atoms with E-state index in [1.54, 1.807) is 12.1 Å². The summed E-state index contributed by atoms with van der Waals surface area (Å²) in [4.78, 5) is 12.2. The van der Waals surface area contributed by atoms with E-state index >= 15 is 0 Å². The molecule has 1 fully saturated rings. The fourth-order valence-electron chi connectivity index (χ4n) is 2.48. The van der Waals surface area contributed by atoms with Crippen LogP contribution in [0, 0.1) is 11.2 Å².